The van der Waals surface area contributed by atoms with Crippen molar-refractivity contribution in [1.29, 1.82) is 0 Å². The van der Waals surface area contributed by atoms with E-state index in [0.29, 0.717) is 17.8 Å². The molecule has 9 heteroatoms. The van der Waals surface area contributed by atoms with Gasteiger partial charge in [-0.25, -0.2) is 12.8 Å². The van der Waals surface area contributed by atoms with Crippen LogP contribution in [0.25, 0.3) is 0 Å². The van der Waals surface area contributed by atoms with Crippen molar-refractivity contribution in [3.8, 4) is 0 Å². The molecule has 4 fully saturated rings. The molecule has 216 valence electrons. The van der Waals surface area contributed by atoms with Gasteiger partial charge < -0.3 is 10.2 Å². The summed E-state index contributed by atoms with van der Waals surface area (Å²) in [6.07, 6.45) is 8.78. The number of amides is 2. The van der Waals surface area contributed by atoms with Crippen LogP contribution in [-0.4, -0.2) is 50.5 Å². The molecule has 0 heterocycles. The molecule has 2 aromatic carbocycles. The average Bonchev–Trinajstić information content (AvgIpc) is 2.90. The zero-order chi connectivity index (χ0) is 28.7. The zero-order valence-corrected chi connectivity index (χ0v) is 24.4. The third-order valence-corrected chi connectivity index (χ3v) is 10.4. The minimum atomic E-state index is -3.80. The van der Waals surface area contributed by atoms with Gasteiger partial charge in [0.2, 0.25) is 21.8 Å². The number of nitrogens with one attached hydrogen (secondary N) is 1. The molecule has 2 amide bonds. The van der Waals surface area contributed by atoms with Gasteiger partial charge in [0.05, 0.1) is 11.9 Å². The summed E-state index contributed by atoms with van der Waals surface area (Å²) in [6.45, 7) is 3.39. The molecule has 0 spiro atoms. The molecule has 0 aliphatic heterocycles. The number of sulfonamides is 1. The van der Waals surface area contributed by atoms with Crippen molar-refractivity contribution in [2.75, 3.05) is 23.7 Å². The maximum Gasteiger partial charge on any atom is 0.244 e. The predicted molar refractivity (Wildman–Crippen MR) is 154 cm³/mol. The van der Waals surface area contributed by atoms with E-state index in [-0.39, 0.29) is 17.9 Å². The number of nitrogens with zero attached hydrogens (tertiary/aromatic N) is 2. The lowest BCUT2D eigenvalue weighted by Gasteiger charge is -2.57. The molecular formula is C31H40FN3O4S. The van der Waals surface area contributed by atoms with Crippen LogP contribution in [0.2, 0.25) is 0 Å². The zero-order valence-electron chi connectivity index (χ0n) is 23.6. The highest BCUT2D eigenvalue weighted by molar-refractivity contribution is 7.92. The van der Waals surface area contributed by atoms with Crippen LogP contribution in [0.15, 0.2) is 48.5 Å². The van der Waals surface area contributed by atoms with E-state index in [1.54, 1.807) is 26.0 Å². The van der Waals surface area contributed by atoms with Crippen molar-refractivity contribution in [3.63, 3.8) is 0 Å². The van der Waals surface area contributed by atoms with E-state index in [9.17, 15) is 22.4 Å². The quantitative estimate of drug-likeness (QED) is 0.453. The van der Waals surface area contributed by atoms with Crippen LogP contribution in [-0.2, 0) is 31.6 Å². The van der Waals surface area contributed by atoms with Gasteiger partial charge in [-0.05, 0) is 111 Å². The molecule has 0 saturated heterocycles. The Hall–Kier alpha value is -2.94. The first-order valence-electron chi connectivity index (χ1n) is 14.4. The highest BCUT2D eigenvalue weighted by atomic mass is 32.2. The summed E-state index contributed by atoms with van der Waals surface area (Å²) in [5.41, 5.74) is 2.53. The standard InChI is InChI=1S/C31H40FN3O4S/c1-4-33-30(37)21(2)34(19-22-5-9-27(32)10-6-22)29(36)20-35(40(3,38)39)28-11-7-26(8-12-28)31-16-23-13-24(17-31)15-25(14-23)18-31/h5-12,21,23-25H,4,13-20H2,1-3H3,(H,33,37)/t21-,23?,24?,25?,31?/m0/s1. The highest BCUT2D eigenvalue weighted by Gasteiger charge is 2.51. The van der Waals surface area contributed by atoms with E-state index < -0.39 is 34.3 Å². The van der Waals surface area contributed by atoms with E-state index in [1.165, 1.54) is 61.1 Å². The Morgan fingerprint density at radius 3 is 2.02 bits per heavy atom. The molecule has 7 nitrogen and oxygen atoms in total. The Balaban J connectivity index is 1.38. The molecular weight excluding hydrogens is 529 g/mol. The number of benzene rings is 2. The lowest BCUT2D eigenvalue weighted by atomic mass is 9.48. The molecule has 0 aromatic heterocycles. The molecule has 4 saturated carbocycles. The Morgan fingerprint density at radius 2 is 1.52 bits per heavy atom. The molecule has 0 radical (unpaired) electrons. The second kappa shape index (κ2) is 11.1. The molecule has 0 unspecified atom stereocenters. The highest BCUT2D eigenvalue weighted by Crippen LogP contribution is 2.60. The Morgan fingerprint density at radius 1 is 0.975 bits per heavy atom. The summed E-state index contributed by atoms with van der Waals surface area (Å²) >= 11 is 0. The topological polar surface area (TPSA) is 86.8 Å². The number of carbonyl (C=O) groups is 2. The molecule has 4 aliphatic rings. The number of halogens is 1. The van der Waals surface area contributed by atoms with Crippen molar-refractivity contribution < 1.29 is 22.4 Å². The largest absolute Gasteiger partial charge is 0.355 e. The molecule has 40 heavy (non-hydrogen) atoms. The van der Waals surface area contributed by atoms with Gasteiger partial charge >= 0.3 is 0 Å². The average molecular weight is 570 g/mol. The first-order chi connectivity index (χ1) is 19.0. The van der Waals surface area contributed by atoms with Gasteiger partial charge in [0.25, 0.3) is 0 Å². The van der Waals surface area contributed by atoms with Gasteiger partial charge in [-0.1, -0.05) is 24.3 Å². The lowest BCUT2D eigenvalue weighted by molar-refractivity contribution is -0.139. The van der Waals surface area contributed by atoms with Crippen molar-refractivity contribution in [2.45, 2.75) is 70.4 Å². The summed E-state index contributed by atoms with van der Waals surface area (Å²) < 4.78 is 40.5. The number of likely N-dealkylation sites (N-methyl/N-ethyl adjacent to an activating group) is 1. The van der Waals surface area contributed by atoms with E-state index >= 15 is 0 Å². The Kier molecular flexibility index (Phi) is 7.97. The Bertz CT molecular complexity index is 1310. The molecule has 4 aliphatic carbocycles. The van der Waals surface area contributed by atoms with Crippen molar-refractivity contribution in [2.24, 2.45) is 17.8 Å². The monoisotopic (exact) mass is 569 g/mol. The number of rotatable bonds is 10. The van der Waals surface area contributed by atoms with Gasteiger partial charge in [-0.2, -0.15) is 0 Å². The molecule has 1 N–H and O–H groups in total. The predicted octanol–water partition coefficient (Wildman–Crippen LogP) is 4.61. The lowest BCUT2D eigenvalue weighted by Crippen LogP contribution is -2.51. The smallest absolute Gasteiger partial charge is 0.244 e. The van der Waals surface area contributed by atoms with Gasteiger partial charge in [0, 0.05) is 13.1 Å². The number of hydrogen-bond donors (Lipinski definition) is 1. The van der Waals surface area contributed by atoms with Gasteiger partial charge in [-0.15, -0.1) is 0 Å². The second-order valence-corrected chi connectivity index (χ2v) is 14.1. The minimum Gasteiger partial charge on any atom is -0.355 e. The van der Waals surface area contributed by atoms with Crippen LogP contribution in [0.4, 0.5) is 10.1 Å². The first-order valence-corrected chi connectivity index (χ1v) is 16.2. The van der Waals surface area contributed by atoms with Crippen molar-refractivity contribution in [1.82, 2.24) is 10.2 Å². The number of carbonyl (C=O) groups excluding carboxylic acids is 2. The normalized spacial score (nSPS) is 25.9. The maximum absolute atomic E-state index is 13.7. The SMILES string of the molecule is CCNC(=O)[C@H](C)N(Cc1ccc(F)cc1)C(=O)CN(c1ccc(C23CC4CC(CC(C4)C2)C3)cc1)S(C)(=O)=O. The Labute approximate surface area is 237 Å². The van der Waals surface area contributed by atoms with E-state index in [0.717, 1.165) is 28.3 Å². The van der Waals surface area contributed by atoms with Crippen LogP contribution in [0.5, 0.6) is 0 Å². The number of anilines is 1. The fraction of sp³-hybridized carbons (Fsp3) is 0.548. The van der Waals surface area contributed by atoms with Crippen LogP contribution in [0.3, 0.4) is 0 Å². The first kappa shape index (κ1) is 28.6. The maximum atomic E-state index is 13.7. The van der Waals surface area contributed by atoms with Crippen LogP contribution in [0, 0.1) is 23.6 Å². The summed E-state index contributed by atoms with van der Waals surface area (Å²) in [5, 5.41) is 2.73. The fourth-order valence-electron chi connectivity index (χ4n) is 7.75. The third kappa shape index (κ3) is 5.90. The fourth-order valence-corrected chi connectivity index (χ4v) is 8.60. The van der Waals surface area contributed by atoms with Crippen LogP contribution >= 0.6 is 0 Å². The van der Waals surface area contributed by atoms with Crippen molar-refractivity contribution in [3.05, 3.63) is 65.5 Å². The van der Waals surface area contributed by atoms with Crippen LogP contribution in [0.1, 0.15) is 63.5 Å². The van der Waals surface area contributed by atoms with E-state index in [2.05, 4.69) is 17.4 Å². The second-order valence-electron chi connectivity index (χ2n) is 12.2. The van der Waals surface area contributed by atoms with Gasteiger partial charge in [0.1, 0.15) is 18.4 Å². The summed E-state index contributed by atoms with van der Waals surface area (Å²) in [6, 6.07) is 12.6. The summed E-state index contributed by atoms with van der Waals surface area (Å²) in [7, 11) is -3.80. The summed E-state index contributed by atoms with van der Waals surface area (Å²) in [5.74, 6) is 1.14. The number of hydrogen-bond acceptors (Lipinski definition) is 4. The molecule has 2 aromatic rings. The van der Waals surface area contributed by atoms with Gasteiger partial charge in [-0.3, -0.25) is 13.9 Å². The summed E-state index contributed by atoms with van der Waals surface area (Å²) in [4.78, 5) is 27.7. The van der Waals surface area contributed by atoms with Crippen LogP contribution < -0.4 is 9.62 Å². The third-order valence-electron chi connectivity index (χ3n) is 9.27. The van der Waals surface area contributed by atoms with Crippen molar-refractivity contribution >= 4 is 27.5 Å². The van der Waals surface area contributed by atoms with E-state index in [4.69, 9.17) is 0 Å². The minimum absolute atomic E-state index is 0.0416. The molecule has 6 rings (SSSR count). The molecule has 4 bridgehead atoms. The van der Waals surface area contributed by atoms with E-state index in [1.807, 2.05) is 12.1 Å². The molecule has 1 atom stereocenters. The van der Waals surface area contributed by atoms with Gasteiger partial charge in [0.15, 0.2) is 0 Å².